The summed E-state index contributed by atoms with van der Waals surface area (Å²) in [7, 11) is 0. The normalized spacial score (nSPS) is 15.9. The first-order valence-electron chi connectivity index (χ1n) is 8.70. The van der Waals surface area contributed by atoms with E-state index in [1.54, 1.807) is 12.1 Å². The topological polar surface area (TPSA) is 71.8 Å². The zero-order valence-electron chi connectivity index (χ0n) is 15.1. The molecule has 6 nitrogen and oxygen atoms in total. The number of nitrogens with zero attached hydrogens (tertiary/aromatic N) is 3. The number of nitrogens with one attached hydrogen (secondary N) is 2. The molecule has 1 aliphatic rings. The number of amides is 1. The average Bonchev–Trinajstić information content (AvgIpc) is 2.99. The Bertz CT molecular complexity index is 812. The van der Waals surface area contributed by atoms with E-state index in [1.807, 2.05) is 31.5 Å². The molecule has 0 saturated carbocycles. The largest absolute Gasteiger partial charge is 0.342 e. The van der Waals surface area contributed by atoms with Gasteiger partial charge in [0, 0.05) is 0 Å². The predicted octanol–water partition coefficient (Wildman–Crippen LogP) is 3.48. The number of aromatic nitrogens is 3. The Morgan fingerprint density at radius 3 is 2.62 bits per heavy atom. The van der Waals surface area contributed by atoms with Crippen LogP contribution in [0.2, 0.25) is 10.0 Å². The number of hydrogen-bond acceptors (Lipinski definition) is 4. The van der Waals surface area contributed by atoms with Crippen molar-refractivity contribution in [1.29, 1.82) is 0 Å². The monoisotopic (exact) mass is 395 g/mol. The molecule has 2 aromatic rings. The molecule has 0 radical (unpaired) electrons. The Morgan fingerprint density at radius 1 is 1.27 bits per heavy atom. The van der Waals surface area contributed by atoms with Crippen LogP contribution in [0.15, 0.2) is 18.2 Å². The van der Waals surface area contributed by atoms with E-state index < -0.39 is 5.54 Å². The van der Waals surface area contributed by atoms with Crippen LogP contribution in [0.3, 0.4) is 0 Å². The van der Waals surface area contributed by atoms with Crippen LogP contribution >= 0.6 is 23.2 Å². The molecule has 0 bridgehead atoms. The van der Waals surface area contributed by atoms with E-state index >= 15 is 0 Å². The van der Waals surface area contributed by atoms with Gasteiger partial charge in [0.2, 0.25) is 0 Å². The molecule has 2 heterocycles. The van der Waals surface area contributed by atoms with E-state index in [4.69, 9.17) is 23.2 Å². The molecule has 2 N–H and O–H groups in total. The summed E-state index contributed by atoms with van der Waals surface area (Å²) in [4.78, 5) is 12.8. The van der Waals surface area contributed by atoms with E-state index in [0.717, 1.165) is 37.2 Å². The van der Waals surface area contributed by atoms with Gasteiger partial charge in [0.15, 0.2) is 5.69 Å². The van der Waals surface area contributed by atoms with Crippen molar-refractivity contribution in [2.75, 3.05) is 13.1 Å². The molecule has 8 heteroatoms. The molecule has 0 unspecified atom stereocenters. The number of piperidine rings is 1. The van der Waals surface area contributed by atoms with Crippen LogP contribution in [0, 0.1) is 6.92 Å². The molecule has 1 aliphatic heterocycles. The Morgan fingerprint density at radius 2 is 1.96 bits per heavy atom. The Kier molecular flexibility index (Phi) is 5.55. The lowest BCUT2D eigenvalue weighted by Crippen LogP contribution is -2.41. The average molecular weight is 396 g/mol. The molecular weight excluding hydrogens is 373 g/mol. The van der Waals surface area contributed by atoms with E-state index in [1.165, 1.54) is 0 Å². The fraction of sp³-hybridized carbons (Fsp3) is 0.500. The van der Waals surface area contributed by atoms with Gasteiger partial charge in [0.1, 0.15) is 0 Å². The third-order valence-electron chi connectivity index (χ3n) is 4.86. The van der Waals surface area contributed by atoms with Crippen LogP contribution in [-0.4, -0.2) is 34.0 Å². The van der Waals surface area contributed by atoms with Gasteiger partial charge in [-0.15, -0.1) is 5.10 Å². The van der Waals surface area contributed by atoms with Crippen LogP contribution in [0.4, 0.5) is 0 Å². The third kappa shape index (κ3) is 3.87. The molecular formula is C18H23Cl2N5O. The van der Waals surface area contributed by atoms with Crippen molar-refractivity contribution in [3.05, 3.63) is 45.2 Å². The van der Waals surface area contributed by atoms with Crippen LogP contribution < -0.4 is 10.6 Å². The summed E-state index contributed by atoms with van der Waals surface area (Å²) in [6.45, 7) is 7.63. The van der Waals surface area contributed by atoms with E-state index in [2.05, 4.69) is 20.9 Å². The fourth-order valence-corrected chi connectivity index (χ4v) is 3.55. The Labute approximate surface area is 163 Å². The highest BCUT2D eigenvalue weighted by Crippen LogP contribution is 2.29. The molecule has 1 fully saturated rings. The minimum atomic E-state index is -0.629. The predicted molar refractivity (Wildman–Crippen MR) is 103 cm³/mol. The van der Waals surface area contributed by atoms with Crippen molar-refractivity contribution in [1.82, 2.24) is 25.6 Å². The maximum Gasteiger partial charge on any atom is 0.274 e. The van der Waals surface area contributed by atoms with Crippen LogP contribution in [0.25, 0.3) is 0 Å². The van der Waals surface area contributed by atoms with E-state index in [-0.39, 0.29) is 11.9 Å². The highest BCUT2D eigenvalue weighted by Gasteiger charge is 2.28. The van der Waals surface area contributed by atoms with E-state index in [0.29, 0.717) is 15.7 Å². The van der Waals surface area contributed by atoms with Crippen molar-refractivity contribution in [3.63, 3.8) is 0 Å². The maximum absolute atomic E-state index is 12.8. The maximum atomic E-state index is 12.8. The first-order chi connectivity index (χ1) is 12.3. The van der Waals surface area contributed by atoms with Gasteiger partial charge in [-0.25, -0.2) is 4.68 Å². The van der Waals surface area contributed by atoms with Crippen molar-refractivity contribution in [3.8, 4) is 0 Å². The van der Waals surface area contributed by atoms with Crippen LogP contribution in [0.1, 0.15) is 54.5 Å². The van der Waals surface area contributed by atoms with Gasteiger partial charge in [0.05, 0.1) is 27.3 Å². The highest BCUT2D eigenvalue weighted by molar-refractivity contribution is 6.42. The van der Waals surface area contributed by atoms with Gasteiger partial charge < -0.3 is 10.6 Å². The van der Waals surface area contributed by atoms with Crippen molar-refractivity contribution < 1.29 is 4.79 Å². The van der Waals surface area contributed by atoms with E-state index in [9.17, 15) is 4.79 Å². The minimum absolute atomic E-state index is 0.251. The molecule has 140 valence electrons. The lowest BCUT2D eigenvalue weighted by atomic mass is 9.94. The standard InChI is InChI=1S/C18H23Cl2N5O/c1-11-16(23-24-25(11)13-6-8-21-9-7-13)17(26)22-18(2,3)12-4-5-14(19)15(20)10-12/h4-5,10,13,21H,6-9H2,1-3H3,(H,22,26). The fourth-order valence-electron chi connectivity index (χ4n) is 3.25. The summed E-state index contributed by atoms with van der Waals surface area (Å²) in [5.41, 5.74) is 1.38. The van der Waals surface area contributed by atoms with Gasteiger partial charge in [-0.1, -0.05) is 34.5 Å². The summed E-state index contributed by atoms with van der Waals surface area (Å²) in [6.07, 6.45) is 1.97. The molecule has 0 aliphatic carbocycles. The quantitative estimate of drug-likeness (QED) is 0.830. The molecule has 0 spiro atoms. The number of carbonyl (C=O) groups is 1. The second kappa shape index (κ2) is 7.55. The molecule has 26 heavy (non-hydrogen) atoms. The number of rotatable bonds is 4. The summed E-state index contributed by atoms with van der Waals surface area (Å²) >= 11 is 12.1. The Hall–Kier alpha value is -1.63. The summed E-state index contributed by atoms with van der Waals surface area (Å²) in [5.74, 6) is -0.251. The van der Waals surface area contributed by atoms with Crippen molar-refractivity contribution in [2.45, 2.75) is 45.2 Å². The second-order valence-electron chi connectivity index (χ2n) is 7.16. The van der Waals surface area contributed by atoms with Gasteiger partial charge >= 0.3 is 0 Å². The molecule has 1 amide bonds. The first-order valence-corrected chi connectivity index (χ1v) is 9.46. The van der Waals surface area contributed by atoms with Crippen LogP contribution in [0.5, 0.6) is 0 Å². The third-order valence-corrected chi connectivity index (χ3v) is 5.60. The summed E-state index contributed by atoms with van der Waals surface area (Å²) in [5, 5.41) is 15.7. The first kappa shape index (κ1) is 19.1. The number of benzene rings is 1. The highest BCUT2D eigenvalue weighted by atomic mass is 35.5. The second-order valence-corrected chi connectivity index (χ2v) is 7.97. The Balaban J connectivity index is 1.78. The molecule has 1 aromatic heterocycles. The zero-order chi connectivity index (χ0) is 18.9. The van der Waals surface area contributed by atoms with Crippen molar-refractivity contribution >= 4 is 29.1 Å². The van der Waals surface area contributed by atoms with Gasteiger partial charge in [-0.05, 0) is 64.4 Å². The SMILES string of the molecule is Cc1c(C(=O)NC(C)(C)c2ccc(Cl)c(Cl)c2)nnn1C1CCNCC1. The smallest absolute Gasteiger partial charge is 0.274 e. The zero-order valence-corrected chi connectivity index (χ0v) is 16.7. The number of halogens is 2. The van der Waals surface area contributed by atoms with Gasteiger partial charge in [-0.3, -0.25) is 4.79 Å². The molecule has 0 atom stereocenters. The summed E-state index contributed by atoms with van der Waals surface area (Å²) in [6, 6.07) is 5.63. The van der Waals surface area contributed by atoms with Crippen LogP contribution in [-0.2, 0) is 5.54 Å². The minimum Gasteiger partial charge on any atom is -0.342 e. The van der Waals surface area contributed by atoms with Crippen molar-refractivity contribution in [2.24, 2.45) is 0 Å². The van der Waals surface area contributed by atoms with Gasteiger partial charge in [-0.2, -0.15) is 0 Å². The lowest BCUT2D eigenvalue weighted by molar-refractivity contribution is 0.0906. The number of carbonyl (C=O) groups excluding carboxylic acids is 1. The summed E-state index contributed by atoms with van der Waals surface area (Å²) < 4.78 is 1.88. The number of hydrogen-bond donors (Lipinski definition) is 2. The molecule has 1 aromatic carbocycles. The molecule has 3 rings (SSSR count). The van der Waals surface area contributed by atoms with Gasteiger partial charge in [0.25, 0.3) is 5.91 Å². The molecule has 1 saturated heterocycles. The lowest BCUT2D eigenvalue weighted by Gasteiger charge is -2.27.